The normalized spacial score (nSPS) is 14.6. The molecule has 7 nitrogen and oxygen atoms in total. The Balaban J connectivity index is 1.46. The first-order chi connectivity index (χ1) is 15.9. The number of ether oxygens (including phenoxy) is 2. The number of amides is 2. The van der Waals surface area contributed by atoms with E-state index < -0.39 is 0 Å². The molecular formula is C24H26N2O5S2. The Morgan fingerprint density at radius 2 is 1.91 bits per heavy atom. The fourth-order valence-corrected chi connectivity index (χ4v) is 4.63. The van der Waals surface area contributed by atoms with E-state index in [-0.39, 0.29) is 17.6 Å². The monoisotopic (exact) mass is 486 g/mol. The van der Waals surface area contributed by atoms with Crippen LogP contribution in [-0.2, 0) is 9.59 Å². The van der Waals surface area contributed by atoms with Crippen molar-refractivity contribution in [3.63, 3.8) is 0 Å². The van der Waals surface area contributed by atoms with Crippen molar-refractivity contribution in [1.29, 1.82) is 0 Å². The quantitative estimate of drug-likeness (QED) is 0.283. The highest BCUT2D eigenvalue weighted by molar-refractivity contribution is 8.26. The number of carbonyl (C=O) groups is 2. The first-order valence-electron chi connectivity index (χ1n) is 10.5. The molecule has 2 aromatic carbocycles. The molecule has 0 atom stereocenters. The van der Waals surface area contributed by atoms with Gasteiger partial charge in [0.2, 0.25) is 5.91 Å². The molecule has 1 aliphatic heterocycles. The van der Waals surface area contributed by atoms with Crippen LogP contribution in [0.2, 0.25) is 0 Å². The van der Waals surface area contributed by atoms with Gasteiger partial charge in [-0.3, -0.25) is 14.5 Å². The minimum Gasteiger partial charge on any atom is -0.508 e. The maximum Gasteiger partial charge on any atom is 0.266 e. The van der Waals surface area contributed by atoms with Gasteiger partial charge in [-0.15, -0.1) is 0 Å². The number of aromatic hydroxyl groups is 1. The number of nitrogens with zero attached hydrogens (tertiary/aromatic N) is 1. The van der Waals surface area contributed by atoms with Crippen LogP contribution in [-0.4, -0.2) is 46.9 Å². The second-order valence-corrected chi connectivity index (χ2v) is 9.03. The summed E-state index contributed by atoms with van der Waals surface area (Å²) < 4.78 is 11.1. The lowest BCUT2D eigenvalue weighted by Gasteiger charge is -2.14. The molecule has 0 spiro atoms. The molecule has 1 aliphatic rings. The number of thioether (sulfide) groups is 1. The van der Waals surface area contributed by atoms with Gasteiger partial charge in [0, 0.05) is 24.7 Å². The lowest BCUT2D eigenvalue weighted by molar-refractivity contribution is -0.122. The number of thiocarbonyl (C=S) groups is 1. The van der Waals surface area contributed by atoms with Gasteiger partial charge in [-0.05, 0) is 48.7 Å². The van der Waals surface area contributed by atoms with Crippen LogP contribution in [0.4, 0.5) is 5.69 Å². The molecule has 2 amide bonds. The van der Waals surface area contributed by atoms with Gasteiger partial charge in [-0.1, -0.05) is 42.5 Å². The van der Waals surface area contributed by atoms with Gasteiger partial charge in [0.25, 0.3) is 5.91 Å². The number of hydrogen-bond acceptors (Lipinski definition) is 7. The number of carbonyl (C=O) groups excluding carboxylic acids is 2. The Kier molecular flexibility index (Phi) is 8.73. The average Bonchev–Trinajstić information content (AvgIpc) is 3.05. The molecule has 33 heavy (non-hydrogen) atoms. The van der Waals surface area contributed by atoms with Gasteiger partial charge < -0.3 is 19.9 Å². The zero-order valence-electron chi connectivity index (χ0n) is 18.5. The van der Waals surface area contributed by atoms with E-state index in [9.17, 15) is 14.7 Å². The predicted molar refractivity (Wildman–Crippen MR) is 135 cm³/mol. The van der Waals surface area contributed by atoms with Gasteiger partial charge >= 0.3 is 0 Å². The summed E-state index contributed by atoms with van der Waals surface area (Å²) in [5.41, 5.74) is 1.39. The van der Waals surface area contributed by atoms with Crippen LogP contribution in [0.3, 0.4) is 0 Å². The van der Waals surface area contributed by atoms with Gasteiger partial charge in [0.1, 0.15) is 10.1 Å². The first-order valence-corrected chi connectivity index (χ1v) is 11.7. The van der Waals surface area contributed by atoms with E-state index in [1.165, 1.54) is 17.8 Å². The number of phenolic OH excluding ortho intramolecular Hbond substituents is 1. The van der Waals surface area contributed by atoms with Crippen molar-refractivity contribution in [3.8, 4) is 17.2 Å². The van der Waals surface area contributed by atoms with Crippen LogP contribution in [0.1, 0.15) is 31.2 Å². The second kappa shape index (κ2) is 11.7. The number of methoxy groups -OCH3 is 2. The summed E-state index contributed by atoms with van der Waals surface area (Å²) in [6.07, 6.45) is 4.40. The third kappa shape index (κ3) is 6.72. The summed E-state index contributed by atoms with van der Waals surface area (Å²) in [6, 6.07) is 11.9. The van der Waals surface area contributed by atoms with E-state index in [4.69, 9.17) is 21.7 Å². The third-order valence-corrected chi connectivity index (χ3v) is 6.37. The Bertz CT molecular complexity index is 1070. The average molecular weight is 487 g/mol. The second-order valence-electron chi connectivity index (χ2n) is 7.36. The molecule has 0 saturated carbocycles. The molecule has 0 radical (unpaired) electrons. The predicted octanol–water partition coefficient (Wildman–Crippen LogP) is 4.81. The first kappa shape index (κ1) is 24.6. The highest BCUT2D eigenvalue weighted by atomic mass is 32.2. The van der Waals surface area contributed by atoms with Crippen LogP contribution < -0.4 is 14.8 Å². The molecule has 1 fully saturated rings. The van der Waals surface area contributed by atoms with Crippen molar-refractivity contribution in [2.75, 3.05) is 26.1 Å². The molecule has 0 aromatic heterocycles. The molecule has 9 heteroatoms. The number of phenols is 1. The summed E-state index contributed by atoms with van der Waals surface area (Å²) in [5.74, 6) is 1.11. The molecule has 2 N–H and O–H groups in total. The number of nitrogens with one attached hydrogen (secondary N) is 1. The van der Waals surface area contributed by atoms with E-state index in [1.807, 2.05) is 12.1 Å². The number of anilines is 1. The van der Waals surface area contributed by atoms with Crippen molar-refractivity contribution in [1.82, 2.24) is 4.90 Å². The zero-order chi connectivity index (χ0) is 23.8. The SMILES string of the molecule is COc1ccc(C=C2SC(=S)N(CCCCCC(=O)Nc3cccc(O)c3)C2=O)cc1OC. The van der Waals surface area contributed by atoms with Crippen LogP contribution in [0, 0.1) is 0 Å². The molecule has 0 bridgehead atoms. The molecule has 3 rings (SSSR count). The van der Waals surface area contributed by atoms with Crippen molar-refractivity contribution in [3.05, 3.63) is 52.9 Å². The summed E-state index contributed by atoms with van der Waals surface area (Å²) >= 11 is 6.68. The number of rotatable bonds is 10. The van der Waals surface area contributed by atoms with Crippen molar-refractivity contribution >= 4 is 51.9 Å². The standard InChI is InChI=1S/C24H26N2O5S2/c1-30-19-11-10-16(13-20(19)31-2)14-21-23(29)26(24(32)33-21)12-5-3-4-9-22(28)25-17-7-6-8-18(27)15-17/h6-8,10-11,13-15,27H,3-5,9,12H2,1-2H3,(H,25,28). The fraction of sp³-hybridized carbons (Fsp3) is 0.292. The Hall–Kier alpha value is -3.04. The molecule has 0 aliphatic carbocycles. The van der Waals surface area contributed by atoms with Crippen molar-refractivity contribution in [2.45, 2.75) is 25.7 Å². The maximum absolute atomic E-state index is 12.8. The van der Waals surface area contributed by atoms with Crippen LogP contribution in [0.25, 0.3) is 6.08 Å². The van der Waals surface area contributed by atoms with Gasteiger partial charge in [-0.2, -0.15) is 0 Å². The molecule has 1 heterocycles. The smallest absolute Gasteiger partial charge is 0.266 e. The highest BCUT2D eigenvalue weighted by Crippen LogP contribution is 2.34. The molecule has 1 saturated heterocycles. The van der Waals surface area contributed by atoms with Crippen LogP contribution in [0.15, 0.2) is 47.4 Å². The van der Waals surface area contributed by atoms with E-state index in [1.54, 1.807) is 49.5 Å². The summed E-state index contributed by atoms with van der Waals surface area (Å²) in [6.45, 7) is 0.516. The van der Waals surface area contributed by atoms with E-state index >= 15 is 0 Å². The Morgan fingerprint density at radius 3 is 2.64 bits per heavy atom. The molecule has 0 unspecified atom stereocenters. The molecular weight excluding hydrogens is 460 g/mol. The molecule has 174 valence electrons. The summed E-state index contributed by atoms with van der Waals surface area (Å²) in [7, 11) is 3.14. The lowest BCUT2D eigenvalue weighted by atomic mass is 10.1. The highest BCUT2D eigenvalue weighted by Gasteiger charge is 2.31. The van der Waals surface area contributed by atoms with Crippen molar-refractivity contribution in [2.24, 2.45) is 0 Å². The number of unbranched alkanes of at least 4 members (excludes halogenated alkanes) is 2. The maximum atomic E-state index is 12.8. The fourth-order valence-electron chi connectivity index (χ4n) is 3.33. The van der Waals surface area contributed by atoms with E-state index in [2.05, 4.69) is 5.32 Å². The van der Waals surface area contributed by atoms with Crippen LogP contribution >= 0.6 is 24.0 Å². The largest absolute Gasteiger partial charge is 0.508 e. The third-order valence-electron chi connectivity index (χ3n) is 4.99. The summed E-state index contributed by atoms with van der Waals surface area (Å²) in [4.78, 5) is 27.0. The number of benzene rings is 2. The van der Waals surface area contributed by atoms with Crippen molar-refractivity contribution < 1.29 is 24.2 Å². The lowest BCUT2D eigenvalue weighted by Crippen LogP contribution is -2.29. The van der Waals surface area contributed by atoms with Gasteiger partial charge in [0.15, 0.2) is 11.5 Å². The Labute approximate surface area is 202 Å². The summed E-state index contributed by atoms with van der Waals surface area (Å²) in [5, 5.41) is 12.2. The van der Waals surface area contributed by atoms with E-state index in [0.717, 1.165) is 18.4 Å². The van der Waals surface area contributed by atoms with E-state index in [0.29, 0.717) is 45.8 Å². The number of hydrogen-bond donors (Lipinski definition) is 2. The minimum atomic E-state index is -0.110. The van der Waals surface area contributed by atoms with Crippen LogP contribution in [0.5, 0.6) is 17.2 Å². The van der Waals surface area contributed by atoms with Gasteiger partial charge in [0.05, 0.1) is 19.1 Å². The van der Waals surface area contributed by atoms with Gasteiger partial charge in [-0.25, -0.2) is 0 Å². The zero-order valence-corrected chi connectivity index (χ0v) is 20.1. The minimum absolute atomic E-state index is 0.107. The topological polar surface area (TPSA) is 88.1 Å². The molecule has 2 aromatic rings. The Morgan fingerprint density at radius 1 is 1.12 bits per heavy atom.